The van der Waals surface area contributed by atoms with E-state index in [1.165, 1.54) is 4.52 Å². The lowest BCUT2D eigenvalue weighted by molar-refractivity contribution is 0.0716. The van der Waals surface area contributed by atoms with Crippen LogP contribution in [0, 0.1) is 0 Å². The number of hydrogen-bond donors (Lipinski definition) is 0. The second-order valence-electron chi connectivity index (χ2n) is 6.03. The van der Waals surface area contributed by atoms with Crippen LogP contribution in [0.4, 0.5) is 0 Å². The number of aromatic nitrogens is 5. The van der Waals surface area contributed by atoms with Crippen molar-refractivity contribution in [2.24, 2.45) is 0 Å². The number of amides is 1. The van der Waals surface area contributed by atoms with Crippen LogP contribution < -0.4 is 0 Å². The van der Waals surface area contributed by atoms with Gasteiger partial charge in [0.05, 0.1) is 6.54 Å². The lowest BCUT2D eigenvalue weighted by Gasteiger charge is -2.23. The van der Waals surface area contributed by atoms with E-state index in [2.05, 4.69) is 20.1 Å². The van der Waals surface area contributed by atoms with E-state index < -0.39 is 0 Å². The lowest BCUT2D eigenvalue weighted by Crippen LogP contribution is -2.36. The summed E-state index contributed by atoms with van der Waals surface area (Å²) in [5, 5.41) is 4.20. The molecule has 26 heavy (non-hydrogen) atoms. The Bertz CT molecular complexity index is 1070. The molecule has 128 valence electrons. The van der Waals surface area contributed by atoms with Gasteiger partial charge in [0.1, 0.15) is 11.5 Å². The number of benzene rings is 1. The van der Waals surface area contributed by atoms with Gasteiger partial charge in [0.15, 0.2) is 0 Å². The minimum absolute atomic E-state index is 0.138. The van der Waals surface area contributed by atoms with E-state index in [4.69, 9.17) is 4.42 Å². The van der Waals surface area contributed by atoms with Crippen LogP contribution in [0.2, 0.25) is 0 Å². The summed E-state index contributed by atoms with van der Waals surface area (Å²) in [7, 11) is 0. The molecule has 0 saturated carbocycles. The Morgan fingerprint density at radius 1 is 1.12 bits per heavy atom. The van der Waals surface area contributed by atoms with Crippen LogP contribution in [-0.4, -0.2) is 41.9 Å². The van der Waals surface area contributed by atoms with E-state index in [1.54, 1.807) is 23.4 Å². The average Bonchev–Trinajstić information content (AvgIpc) is 3.31. The van der Waals surface area contributed by atoms with E-state index >= 15 is 0 Å². The molecule has 0 fully saturated rings. The van der Waals surface area contributed by atoms with Crippen LogP contribution >= 0.6 is 0 Å². The maximum absolute atomic E-state index is 12.8. The van der Waals surface area contributed by atoms with Gasteiger partial charge in [-0.2, -0.15) is 4.98 Å². The monoisotopic (exact) mass is 346 g/mol. The van der Waals surface area contributed by atoms with Crippen molar-refractivity contribution in [3.05, 3.63) is 66.1 Å². The van der Waals surface area contributed by atoms with Gasteiger partial charge in [-0.1, -0.05) is 18.2 Å². The first-order valence-corrected chi connectivity index (χ1v) is 8.28. The summed E-state index contributed by atoms with van der Waals surface area (Å²) in [4.78, 5) is 27.3. The lowest BCUT2D eigenvalue weighted by atomic mass is 10.1. The average molecular weight is 346 g/mol. The molecule has 0 radical (unpaired) electrons. The Hall–Kier alpha value is -3.55. The summed E-state index contributed by atoms with van der Waals surface area (Å²) >= 11 is 0. The molecule has 8 heteroatoms. The molecule has 1 aliphatic heterocycles. The number of rotatable bonds is 2. The highest BCUT2D eigenvalue weighted by molar-refractivity contribution is 5.91. The summed E-state index contributed by atoms with van der Waals surface area (Å²) in [6.07, 6.45) is 3.95. The minimum Gasteiger partial charge on any atom is -0.441 e. The third-order valence-corrected chi connectivity index (χ3v) is 4.34. The molecule has 0 atom stereocenters. The van der Waals surface area contributed by atoms with Gasteiger partial charge in [-0.05, 0) is 18.2 Å². The Morgan fingerprint density at radius 2 is 2.00 bits per heavy atom. The largest absolute Gasteiger partial charge is 0.441 e. The van der Waals surface area contributed by atoms with Crippen LogP contribution in [0.1, 0.15) is 22.1 Å². The number of carbonyl (C=O) groups is 1. The number of carbonyl (C=O) groups excluding carboxylic acids is 1. The molecular weight excluding hydrogens is 332 g/mol. The van der Waals surface area contributed by atoms with Gasteiger partial charge in [-0.3, -0.25) is 4.79 Å². The van der Waals surface area contributed by atoms with Crippen molar-refractivity contribution in [3.63, 3.8) is 0 Å². The maximum Gasteiger partial charge on any atom is 0.293 e. The van der Waals surface area contributed by atoms with Crippen molar-refractivity contribution < 1.29 is 9.21 Å². The Morgan fingerprint density at radius 3 is 2.85 bits per heavy atom. The molecule has 0 unspecified atom stereocenters. The summed E-state index contributed by atoms with van der Waals surface area (Å²) in [6, 6.07) is 11.5. The van der Waals surface area contributed by atoms with Crippen molar-refractivity contribution in [1.29, 1.82) is 0 Å². The van der Waals surface area contributed by atoms with E-state index in [0.29, 0.717) is 31.2 Å². The van der Waals surface area contributed by atoms with Crippen molar-refractivity contribution in [2.75, 3.05) is 6.54 Å². The van der Waals surface area contributed by atoms with Crippen molar-refractivity contribution in [3.8, 4) is 11.5 Å². The topological polar surface area (TPSA) is 89.4 Å². The molecule has 4 heterocycles. The Kier molecular flexibility index (Phi) is 3.27. The fourth-order valence-corrected chi connectivity index (χ4v) is 3.04. The van der Waals surface area contributed by atoms with Crippen LogP contribution in [0.5, 0.6) is 0 Å². The van der Waals surface area contributed by atoms with Gasteiger partial charge < -0.3 is 9.32 Å². The number of hydrogen-bond acceptors (Lipinski definition) is 6. The standard InChI is InChI=1S/C18H14N6O2/c25-17(15-21-18-19-8-4-9-24(18)22-15)23-10-7-14-13(11-23)20-16(26-14)12-5-2-1-3-6-12/h1-6,8-9H,7,10-11H2. The van der Waals surface area contributed by atoms with Gasteiger partial charge in [0.2, 0.25) is 11.7 Å². The van der Waals surface area contributed by atoms with E-state index in [1.807, 2.05) is 30.3 Å². The zero-order valence-electron chi connectivity index (χ0n) is 13.7. The number of oxazole rings is 1. The summed E-state index contributed by atoms with van der Waals surface area (Å²) in [5.74, 6) is 1.73. The smallest absolute Gasteiger partial charge is 0.293 e. The van der Waals surface area contributed by atoms with Crippen LogP contribution in [-0.2, 0) is 13.0 Å². The molecule has 8 nitrogen and oxygen atoms in total. The zero-order chi connectivity index (χ0) is 17.5. The van der Waals surface area contributed by atoms with Gasteiger partial charge >= 0.3 is 0 Å². The van der Waals surface area contributed by atoms with Gasteiger partial charge in [0.25, 0.3) is 11.7 Å². The molecule has 0 saturated heterocycles. The van der Waals surface area contributed by atoms with Crippen molar-refractivity contribution in [1.82, 2.24) is 29.5 Å². The summed E-state index contributed by atoms with van der Waals surface area (Å²) in [5.41, 5.74) is 1.71. The highest BCUT2D eigenvalue weighted by Gasteiger charge is 2.28. The van der Waals surface area contributed by atoms with Crippen LogP contribution in [0.15, 0.2) is 53.2 Å². The summed E-state index contributed by atoms with van der Waals surface area (Å²) < 4.78 is 7.37. The van der Waals surface area contributed by atoms with Crippen LogP contribution in [0.3, 0.4) is 0 Å². The second-order valence-corrected chi connectivity index (χ2v) is 6.03. The molecule has 0 aliphatic carbocycles. The summed E-state index contributed by atoms with van der Waals surface area (Å²) in [6.45, 7) is 0.922. The highest BCUT2D eigenvalue weighted by atomic mass is 16.4. The quantitative estimate of drug-likeness (QED) is 0.551. The third-order valence-electron chi connectivity index (χ3n) is 4.34. The predicted molar refractivity (Wildman–Crippen MR) is 91.2 cm³/mol. The van der Waals surface area contributed by atoms with Crippen molar-refractivity contribution in [2.45, 2.75) is 13.0 Å². The highest BCUT2D eigenvalue weighted by Crippen LogP contribution is 2.26. The maximum atomic E-state index is 12.8. The Balaban J connectivity index is 1.41. The normalized spacial score (nSPS) is 13.8. The molecule has 1 amide bonds. The van der Waals surface area contributed by atoms with Crippen LogP contribution in [0.25, 0.3) is 17.2 Å². The molecule has 4 aromatic rings. The number of nitrogens with zero attached hydrogens (tertiary/aromatic N) is 6. The van der Waals surface area contributed by atoms with E-state index in [9.17, 15) is 4.79 Å². The molecule has 0 bridgehead atoms. The molecule has 3 aromatic heterocycles. The molecular formula is C18H14N6O2. The predicted octanol–water partition coefficient (Wildman–Crippen LogP) is 1.98. The molecule has 0 spiro atoms. The first kappa shape index (κ1) is 14.8. The Labute approximate surface area is 148 Å². The second kappa shape index (κ2) is 5.76. The molecule has 0 N–H and O–H groups in total. The fourth-order valence-electron chi connectivity index (χ4n) is 3.04. The molecule has 1 aromatic carbocycles. The fraction of sp³-hybridized carbons (Fsp3) is 0.167. The van der Waals surface area contributed by atoms with E-state index in [-0.39, 0.29) is 11.7 Å². The first-order valence-electron chi connectivity index (χ1n) is 8.28. The van der Waals surface area contributed by atoms with Gasteiger partial charge in [-0.15, -0.1) is 5.10 Å². The number of fused-ring (bicyclic) bond motifs is 2. The SMILES string of the molecule is O=C(c1nc2ncccn2n1)N1CCc2oc(-c3ccccc3)nc2C1. The van der Waals surface area contributed by atoms with Crippen molar-refractivity contribution >= 4 is 11.7 Å². The molecule has 5 rings (SSSR count). The zero-order valence-corrected chi connectivity index (χ0v) is 13.7. The molecule has 1 aliphatic rings. The van der Waals surface area contributed by atoms with E-state index in [0.717, 1.165) is 17.0 Å². The van der Waals surface area contributed by atoms with Gasteiger partial charge in [0, 0.05) is 30.9 Å². The van der Waals surface area contributed by atoms with Gasteiger partial charge in [-0.25, -0.2) is 14.5 Å². The first-order chi connectivity index (χ1) is 12.8. The minimum atomic E-state index is -0.231. The third kappa shape index (κ3) is 2.43.